The van der Waals surface area contributed by atoms with Crippen molar-refractivity contribution in [1.82, 2.24) is 9.78 Å². The highest BCUT2D eigenvalue weighted by atomic mass is 16.5. The zero-order chi connectivity index (χ0) is 24.1. The number of nitrogens with zero attached hydrogens (tertiary/aromatic N) is 3. The molecule has 8 nitrogen and oxygen atoms in total. The number of carboxylic acids is 1. The summed E-state index contributed by atoms with van der Waals surface area (Å²) in [7, 11) is 3.48. The molecule has 0 fully saturated rings. The molecule has 8 heteroatoms. The molecule has 1 aromatic heterocycles. The zero-order valence-corrected chi connectivity index (χ0v) is 19.7. The number of amides is 1. The Balaban J connectivity index is 1.84. The molecule has 0 spiro atoms. The van der Waals surface area contributed by atoms with E-state index in [1.807, 2.05) is 23.6 Å². The van der Waals surface area contributed by atoms with Crippen LogP contribution in [0, 0.1) is 13.8 Å². The molecule has 1 heterocycles. The van der Waals surface area contributed by atoms with Gasteiger partial charge in [-0.25, -0.2) is 4.79 Å². The van der Waals surface area contributed by atoms with Gasteiger partial charge in [0.15, 0.2) is 0 Å². The highest BCUT2D eigenvalue weighted by Gasteiger charge is 2.17. The number of likely N-dealkylation sites (N-methyl/N-ethyl adjacent to an activating group) is 1. The van der Waals surface area contributed by atoms with Crippen LogP contribution < -0.4 is 15.0 Å². The van der Waals surface area contributed by atoms with E-state index in [4.69, 9.17) is 4.74 Å². The first-order chi connectivity index (χ1) is 15.7. The SMILES string of the molecule is CCn1nc(C)c(CCN(C)c2ccc(C(=O)O)cc2NC(=O)c2ccc(OC)cc2)c1C. The van der Waals surface area contributed by atoms with E-state index in [0.717, 1.165) is 30.0 Å². The number of carboxylic acid groups (broad SMARTS) is 1. The Kier molecular flexibility index (Phi) is 7.37. The van der Waals surface area contributed by atoms with Gasteiger partial charge in [0, 0.05) is 31.4 Å². The number of methoxy groups -OCH3 is 1. The molecule has 2 aromatic carbocycles. The quantitative estimate of drug-likeness (QED) is 0.508. The molecule has 2 N–H and O–H groups in total. The first kappa shape index (κ1) is 23.8. The van der Waals surface area contributed by atoms with Gasteiger partial charge in [-0.1, -0.05) is 0 Å². The molecule has 1 amide bonds. The average Bonchev–Trinajstić information content (AvgIpc) is 3.09. The molecule has 0 unspecified atom stereocenters. The number of aromatic carboxylic acids is 1. The lowest BCUT2D eigenvalue weighted by Crippen LogP contribution is -2.23. The highest BCUT2D eigenvalue weighted by Crippen LogP contribution is 2.28. The van der Waals surface area contributed by atoms with Crippen LogP contribution in [0.1, 0.15) is 44.6 Å². The summed E-state index contributed by atoms with van der Waals surface area (Å²) in [5, 5.41) is 16.9. The molecular formula is C25H30N4O4. The van der Waals surface area contributed by atoms with Crippen molar-refractivity contribution in [3.63, 3.8) is 0 Å². The number of nitrogens with one attached hydrogen (secondary N) is 1. The topological polar surface area (TPSA) is 96.7 Å². The predicted octanol–water partition coefficient (Wildman–Crippen LogP) is 4.16. The minimum Gasteiger partial charge on any atom is -0.497 e. The maximum Gasteiger partial charge on any atom is 0.335 e. The number of hydrogen-bond acceptors (Lipinski definition) is 5. The molecule has 0 bridgehead atoms. The third-order valence-electron chi connectivity index (χ3n) is 5.78. The Morgan fingerprint density at radius 1 is 1.12 bits per heavy atom. The molecule has 0 atom stereocenters. The Morgan fingerprint density at radius 3 is 2.36 bits per heavy atom. The van der Waals surface area contributed by atoms with Crippen molar-refractivity contribution < 1.29 is 19.4 Å². The number of hydrogen-bond donors (Lipinski definition) is 2. The van der Waals surface area contributed by atoms with E-state index in [2.05, 4.69) is 24.3 Å². The zero-order valence-electron chi connectivity index (χ0n) is 19.7. The van der Waals surface area contributed by atoms with Crippen molar-refractivity contribution in [3.05, 3.63) is 70.5 Å². The summed E-state index contributed by atoms with van der Waals surface area (Å²) in [4.78, 5) is 26.4. The second kappa shape index (κ2) is 10.2. The van der Waals surface area contributed by atoms with Crippen LogP contribution in [-0.4, -0.2) is 47.5 Å². The van der Waals surface area contributed by atoms with Crippen molar-refractivity contribution in [3.8, 4) is 5.75 Å². The summed E-state index contributed by atoms with van der Waals surface area (Å²) in [5.41, 5.74) is 5.09. The van der Waals surface area contributed by atoms with Gasteiger partial charge >= 0.3 is 5.97 Å². The molecule has 0 radical (unpaired) electrons. The van der Waals surface area contributed by atoms with Crippen molar-refractivity contribution in [2.75, 3.05) is 30.9 Å². The molecule has 0 saturated carbocycles. The van der Waals surface area contributed by atoms with E-state index >= 15 is 0 Å². The van der Waals surface area contributed by atoms with E-state index in [-0.39, 0.29) is 11.5 Å². The van der Waals surface area contributed by atoms with Gasteiger partial charge in [-0.2, -0.15) is 5.10 Å². The molecule has 0 aliphatic carbocycles. The van der Waals surface area contributed by atoms with E-state index in [1.54, 1.807) is 43.5 Å². The van der Waals surface area contributed by atoms with Crippen molar-refractivity contribution in [1.29, 1.82) is 0 Å². The van der Waals surface area contributed by atoms with Crippen molar-refractivity contribution in [2.45, 2.75) is 33.7 Å². The maximum absolute atomic E-state index is 12.8. The van der Waals surface area contributed by atoms with Gasteiger partial charge in [0.1, 0.15) is 5.75 Å². The Morgan fingerprint density at radius 2 is 1.79 bits per heavy atom. The number of carbonyl (C=O) groups excluding carboxylic acids is 1. The van der Waals surface area contributed by atoms with Crippen LogP contribution in [0.5, 0.6) is 5.75 Å². The normalized spacial score (nSPS) is 10.7. The van der Waals surface area contributed by atoms with Crippen LogP contribution in [-0.2, 0) is 13.0 Å². The molecule has 0 saturated heterocycles. The first-order valence-corrected chi connectivity index (χ1v) is 10.8. The lowest BCUT2D eigenvalue weighted by atomic mass is 10.1. The van der Waals surface area contributed by atoms with Crippen LogP contribution in [0.3, 0.4) is 0 Å². The van der Waals surface area contributed by atoms with Crippen LogP contribution in [0.4, 0.5) is 11.4 Å². The van der Waals surface area contributed by atoms with Gasteiger partial charge in [-0.05, 0) is 75.2 Å². The molecule has 0 aliphatic rings. The minimum absolute atomic E-state index is 0.105. The number of rotatable bonds is 9. The first-order valence-electron chi connectivity index (χ1n) is 10.8. The summed E-state index contributed by atoms with van der Waals surface area (Å²) in [6.07, 6.45) is 0.778. The van der Waals surface area contributed by atoms with E-state index in [9.17, 15) is 14.7 Å². The van der Waals surface area contributed by atoms with Gasteiger partial charge < -0.3 is 20.1 Å². The second-order valence-corrected chi connectivity index (χ2v) is 7.86. The molecule has 174 valence electrons. The number of carbonyl (C=O) groups is 2. The molecule has 0 aliphatic heterocycles. The lowest BCUT2D eigenvalue weighted by molar-refractivity contribution is 0.0696. The number of benzene rings is 2. The Labute approximate surface area is 193 Å². The number of aromatic nitrogens is 2. The summed E-state index contributed by atoms with van der Waals surface area (Å²) in [5.74, 6) is -0.732. The smallest absolute Gasteiger partial charge is 0.335 e. The number of anilines is 2. The molecule has 3 rings (SSSR count). The van der Waals surface area contributed by atoms with Gasteiger partial charge in [0.25, 0.3) is 5.91 Å². The fraction of sp³-hybridized carbons (Fsp3) is 0.320. The Bertz CT molecular complexity index is 1150. The van der Waals surface area contributed by atoms with Gasteiger partial charge in [0.2, 0.25) is 0 Å². The molecule has 3 aromatic rings. The van der Waals surface area contributed by atoms with Crippen LogP contribution in [0.2, 0.25) is 0 Å². The molecule has 33 heavy (non-hydrogen) atoms. The lowest BCUT2D eigenvalue weighted by Gasteiger charge is -2.23. The summed E-state index contributed by atoms with van der Waals surface area (Å²) in [6, 6.07) is 11.5. The van der Waals surface area contributed by atoms with Crippen LogP contribution >= 0.6 is 0 Å². The van der Waals surface area contributed by atoms with Gasteiger partial charge in [-0.15, -0.1) is 0 Å². The third-order valence-corrected chi connectivity index (χ3v) is 5.78. The number of ether oxygens (including phenoxy) is 1. The fourth-order valence-corrected chi connectivity index (χ4v) is 3.84. The third kappa shape index (κ3) is 5.34. The average molecular weight is 451 g/mol. The van der Waals surface area contributed by atoms with Gasteiger partial charge in [-0.3, -0.25) is 9.48 Å². The van der Waals surface area contributed by atoms with Gasteiger partial charge in [0.05, 0.1) is 29.7 Å². The Hall–Kier alpha value is -3.81. The number of aryl methyl sites for hydroxylation is 2. The monoisotopic (exact) mass is 450 g/mol. The fourth-order valence-electron chi connectivity index (χ4n) is 3.84. The minimum atomic E-state index is -1.05. The van der Waals surface area contributed by atoms with Crippen LogP contribution in [0.15, 0.2) is 42.5 Å². The summed E-state index contributed by atoms with van der Waals surface area (Å²) in [6.45, 7) is 7.64. The summed E-state index contributed by atoms with van der Waals surface area (Å²) < 4.78 is 7.13. The van der Waals surface area contributed by atoms with E-state index in [0.29, 0.717) is 23.5 Å². The second-order valence-electron chi connectivity index (χ2n) is 7.86. The predicted molar refractivity (Wildman–Crippen MR) is 129 cm³/mol. The maximum atomic E-state index is 12.8. The summed E-state index contributed by atoms with van der Waals surface area (Å²) >= 11 is 0. The van der Waals surface area contributed by atoms with E-state index < -0.39 is 5.97 Å². The largest absolute Gasteiger partial charge is 0.497 e. The standard InChI is InChI=1S/C25H30N4O4/c1-6-29-17(3)21(16(2)27-29)13-14-28(4)23-12-9-19(25(31)32)15-22(23)26-24(30)18-7-10-20(33-5)11-8-18/h7-12,15H,6,13-14H2,1-5H3,(H,26,30)(H,31,32). The van der Waals surface area contributed by atoms with Crippen molar-refractivity contribution >= 4 is 23.3 Å². The van der Waals surface area contributed by atoms with E-state index in [1.165, 1.54) is 11.6 Å². The van der Waals surface area contributed by atoms with Crippen LogP contribution in [0.25, 0.3) is 0 Å². The molecular weight excluding hydrogens is 420 g/mol. The highest BCUT2D eigenvalue weighted by molar-refractivity contribution is 6.06. The van der Waals surface area contributed by atoms with Crippen molar-refractivity contribution in [2.24, 2.45) is 0 Å².